The van der Waals surface area contributed by atoms with Crippen molar-refractivity contribution >= 4 is 33.3 Å². The van der Waals surface area contributed by atoms with E-state index in [-0.39, 0.29) is 5.91 Å². The van der Waals surface area contributed by atoms with E-state index in [9.17, 15) is 4.79 Å². The molecule has 0 N–H and O–H groups in total. The van der Waals surface area contributed by atoms with Gasteiger partial charge in [0.2, 0.25) is 0 Å². The maximum atomic E-state index is 12.8. The molecule has 4 rings (SSSR count). The number of amides is 1. The van der Waals surface area contributed by atoms with Crippen LogP contribution in [0.3, 0.4) is 0 Å². The number of fused-ring (bicyclic) bond motifs is 1. The van der Waals surface area contributed by atoms with Crippen molar-refractivity contribution in [1.82, 2.24) is 14.9 Å². The zero-order valence-electron chi connectivity index (χ0n) is 15.1. The summed E-state index contributed by atoms with van der Waals surface area (Å²) in [6.45, 7) is 7.32. The molecular weight excluding hydrogens is 344 g/mol. The Balaban J connectivity index is 1.44. The Morgan fingerprint density at radius 1 is 1.04 bits per heavy atom. The number of carbonyl (C=O) groups excluding carboxylic acids is 1. The van der Waals surface area contributed by atoms with Crippen LogP contribution in [0.25, 0.3) is 10.2 Å². The Morgan fingerprint density at radius 2 is 1.77 bits per heavy atom. The van der Waals surface area contributed by atoms with Gasteiger partial charge in [-0.25, -0.2) is 9.97 Å². The van der Waals surface area contributed by atoms with Gasteiger partial charge < -0.3 is 9.80 Å². The first-order valence-electron chi connectivity index (χ1n) is 8.96. The van der Waals surface area contributed by atoms with Gasteiger partial charge in [-0.1, -0.05) is 26.0 Å². The molecule has 134 valence electrons. The topological polar surface area (TPSA) is 49.3 Å². The number of piperazine rings is 1. The van der Waals surface area contributed by atoms with Crippen LogP contribution in [-0.4, -0.2) is 47.0 Å². The van der Waals surface area contributed by atoms with Gasteiger partial charge in [-0.2, -0.15) is 0 Å². The largest absolute Gasteiger partial charge is 0.352 e. The van der Waals surface area contributed by atoms with Crippen LogP contribution in [0.15, 0.2) is 42.0 Å². The van der Waals surface area contributed by atoms with Crippen LogP contribution < -0.4 is 4.90 Å². The van der Waals surface area contributed by atoms with Crippen LogP contribution in [0, 0.1) is 0 Å². The van der Waals surface area contributed by atoms with Crippen LogP contribution in [0.2, 0.25) is 0 Å². The van der Waals surface area contributed by atoms with E-state index in [0.717, 1.165) is 34.7 Å². The molecule has 3 aromatic rings. The predicted molar refractivity (Wildman–Crippen MR) is 106 cm³/mol. The third-order valence-corrected chi connectivity index (χ3v) is 5.75. The van der Waals surface area contributed by atoms with Gasteiger partial charge in [-0.3, -0.25) is 4.79 Å². The molecule has 0 saturated carbocycles. The van der Waals surface area contributed by atoms with E-state index >= 15 is 0 Å². The Labute approximate surface area is 157 Å². The molecule has 0 atom stereocenters. The van der Waals surface area contributed by atoms with Gasteiger partial charge in [-0.15, -0.1) is 11.3 Å². The summed E-state index contributed by atoms with van der Waals surface area (Å²) in [6, 6.07) is 10.1. The summed E-state index contributed by atoms with van der Waals surface area (Å²) in [5.74, 6) is 1.57. The summed E-state index contributed by atoms with van der Waals surface area (Å²) in [6.07, 6.45) is 1.63. The Morgan fingerprint density at radius 3 is 2.46 bits per heavy atom. The van der Waals surface area contributed by atoms with Crippen molar-refractivity contribution in [2.45, 2.75) is 19.8 Å². The van der Waals surface area contributed by atoms with Crippen LogP contribution in [0.4, 0.5) is 5.82 Å². The fourth-order valence-electron chi connectivity index (χ4n) is 3.34. The average Bonchev–Trinajstić information content (AvgIpc) is 3.16. The summed E-state index contributed by atoms with van der Waals surface area (Å²) in [7, 11) is 0. The van der Waals surface area contributed by atoms with Gasteiger partial charge in [0.15, 0.2) is 0 Å². The minimum Gasteiger partial charge on any atom is -0.352 e. The molecule has 0 bridgehead atoms. The molecule has 1 aliphatic heterocycles. The maximum Gasteiger partial charge on any atom is 0.253 e. The van der Waals surface area contributed by atoms with Crippen molar-refractivity contribution < 1.29 is 4.79 Å². The molecule has 3 heterocycles. The minimum absolute atomic E-state index is 0.114. The van der Waals surface area contributed by atoms with Gasteiger partial charge in [0, 0.05) is 31.7 Å². The van der Waals surface area contributed by atoms with E-state index in [4.69, 9.17) is 0 Å². The van der Waals surface area contributed by atoms with Gasteiger partial charge in [0.05, 0.1) is 5.39 Å². The molecule has 1 aliphatic rings. The Bertz CT molecular complexity index is 911. The molecule has 2 aromatic heterocycles. The molecule has 1 fully saturated rings. The molecule has 1 saturated heterocycles. The molecule has 5 nitrogen and oxygen atoms in total. The quantitative estimate of drug-likeness (QED) is 0.708. The second-order valence-electron chi connectivity index (χ2n) is 6.89. The fraction of sp³-hybridized carbons (Fsp3) is 0.350. The lowest BCUT2D eigenvalue weighted by Gasteiger charge is -2.35. The molecule has 26 heavy (non-hydrogen) atoms. The van der Waals surface area contributed by atoms with Crippen LogP contribution in [0.5, 0.6) is 0 Å². The van der Waals surface area contributed by atoms with Gasteiger partial charge in [0.1, 0.15) is 17.0 Å². The lowest BCUT2D eigenvalue weighted by molar-refractivity contribution is 0.0746. The maximum absolute atomic E-state index is 12.8. The molecule has 0 radical (unpaired) electrons. The van der Waals surface area contributed by atoms with Gasteiger partial charge >= 0.3 is 0 Å². The van der Waals surface area contributed by atoms with E-state index in [1.54, 1.807) is 17.7 Å². The van der Waals surface area contributed by atoms with Crippen molar-refractivity contribution in [3.8, 4) is 0 Å². The number of carbonyl (C=O) groups is 1. The van der Waals surface area contributed by atoms with Crippen LogP contribution >= 0.6 is 11.3 Å². The first kappa shape index (κ1) is 17.0. The predicted octanol–water partition coefficient (Wildman–Crippen LogP) is 3.78. The molecular formula is C20H22N4OS. The molecule has 0 spiro atoms. The van der Waals surface area contributed by atoms with E-state index in [2.05, 4.69) is 46.9 Å². The number of benzene rings is 1. The summed E-state index contributed by atoms with van der Waals surface area (Å²) in [4.78, 5) is 26.8. The first-order chi connectivity index (χ1) is 12.6. The van der Waals surface area contributed by atoms with E-state index < -0.39 is 0 Å². The smallest absolute Gasteiger partial charge is 0.253 e. The van der Waals surface area contributed by atoms with Crippen molar-refractivity contribution in [2.24, 2.45) is 0 Å². The van der Waals surface area contributed by atoms with E-state index in [0.29, 0.717) is 19.0 Å². The summed E-state index contributed by atoms with van der Waals surface area (Å²) in [5.41, 5.74) is 2.03. The van der Waals surface area contributed by atoms with E-state index in [1.807, 2.05) is 22.4 Å². The average molecular weight is 366 g/mol. The number of hydrogen-bond acceptors (Lipinski definition) is 5. The number of hydrogen-bond donors (Lipinski definition) is 0. The highest BCUT2D eigenvalue weighted by atomic mass is 32.1. The van der Waals surface area contributed by atoms with Crippen molar-refractivity contribution in [3.63, 3.8) is 0 Å². The van der Waals surface area contributed by atoms with Crippen LogP contribution in [-0.2, 0) is 0 Å². The van der Waals surface area contributed by atoms with Gasteiger partial charge in [0.25, 0.3) is 5.91 Å². The Hall–Kier alpha value is -2.47. The van der Waals surface area contributed by atoms with Gasteiger partial charge in [-0.05, 0) is 35.1 Å². The monoisotopic (exact) mass is 366 g/mol. The summed E-state index contributed by atoms with van der Waals surface area (Å²) in [5, 5.41) is 3.14. The van der Waals surface area contributed by atoms with E-state index in [1.165, 1.54) is 5.56 Å². The fourth-order valence-corrected chi connectivity index (χ4v) is 4.07. The van der Waals surface area contributed by atoms with Crippen LogP contribution in [0.1, 0.15) is 35.7 Å². The first-order valence-corrected chi connectivity index (χ1v) is 9.84. The zero-order valence-corrected chi connectivity index (χ0v) is 15.9. The highest BCUT2D eigenvalue weighted by Crippen LogP contribution is 2.27. The molecule has 0 aliphatic carbocycles. The normalized spacial score (nSPS) is 15.0. The number of thiophene rings is 1. The van der Waals surface area contributed by atoms with Crippen molar-refractivity contribution in [2.75, 3.05) is 31.1 Å². The lowest BCUT2D eigenvalue weighted by Crippen LogP contribution is -2.49. The highest BCUT2D eigenvalue weighted by Gasteiger charge is 2.24. The SMILES string of the molecule is CC(C)c1ccc(C(=O)N2CCN(c3ncnc4sccc34)CC2)cc1. The van der Waals surface area contributed by atoms with Crippen molar-refractivity contribution in [3.05, 3.63) is 53.2 Å². The molecule has 6 heteroatoms. The number of anilines is 1. The third-order valence-electron chi connectivity index (χ3n) is 4.93. The number of rotatable bonds is 3. The summed E-state index contributed by atoms with van der Waals surface area (Å²) < 4.78 is 0. The number of nitrogens with zero attached hydrogens (tertiary/aromatic N) is 4. The zero-order chi connectivity index (χ0) is 18.1. The highest BCUT2D eigenvalue weighted by molar-refractivity contribution is 7.16. The van der Waals surface area contributed by atoms with Crippen molar-refractivity contribution in [1.29, 1.82) is 0 Å². The molecule has 1 amide bonds. The molecule has 0 unspecified atom stereocenters. The number of aromatic nitrogens is 2. The minimum atomic E-state index is 0.114. The summed E-state index contributed by atoms with van der Waals surface area (Å²) >= 11 is 1.63. The standard InChI is InChI=1S/C20H22N4OS/c1-14(2)15-3-5-16(6-4-15)20(25)24-10-8-23(9-11-24)18-17-7-12-26-19(17)22-13-21-18/h3-7,12-14H,8-11H2,1-2H3. The Kier molecular flexibility index (Phi) is 4.59. The lowest BCUT2D eigenvalue weighted by atomic mass is 10.0. The third kappa shape index (κ3) is 3.17. The second-order valence-corrected chi connectivity index (χ2v) is 7.79. The second kappa shape index (κ2) is 7.03. The molecule has 1 aromatic carbocycles.